The molecule has 0 aliphatic rings. The van der Waals surface area contributed by atoms with Crippen LogP contribution in [0.4, 0.5) is 5.69 Å². The Morgan fingerprint density at radius 1 is 1.07 bits per heavy atom. The maximum Gasteiger partial charge on any atom is 0.266 e. The second kappa shape index (κ2) is 8.45. The van der Waals surface area contributed by atoms with Gasteiger partial charge in [0.25, 0.3) is 5.91 Å². The van der Waals surface area contributed by atoms with Crippen molar-refractivity contribution in [3.8, 4) is 17.4 Å². The molecule has 2 aromatic carbocycles. The molecule has 27 heavy (non-hydrogen) atoms. The number of amides is 1. The van der Waals surface area contributed by atoms with Crippen molar-refractivity contribution in [2.45, 2.75) is 0 Å². The molecular weight excluding hydrogens is 451 g/mol. The minimum absolute atomic E-state index is 0.0993. The number of benzene rings is 2. The van der Waals surface area contributed by atoms with E-state index in [4.69, 9.17) is 27.6 Å². The van der Waals surface area contributed by atoms with Crippen molar-refractivity contribution in [1.29, 1.82) is 5.26 Å². The van der Waals surface area contributed by atoms with Gasteiger partial charge in [0.2, 0.25) is 0 Å². The lowest BCUT2D eigenvalue weighted by Gasteiger charge is -2.05. The highest BCUT2D eigenvalue weighted by molar-refractivity contribution is 9.10. The lowest BCUT2D eigenvalue weighted by atomic mass is 10.2. The van der Waals surface area contributed by atoms with Crippen molar-refractivity contribution in [2.75, 3.05) is 5.32 Å². The van der Waals surface area contributed by atoms with Gasteiger partial charge in [0.1, 0.15) is 23.2 Å². The highest BCUT2D eigenvalue weighted by atomic mass is 79.9. The molecule has 0 spiro atoms. The number of carbonyl (C=O) groups is 1. The van der Waals surface area contributed by atoms with E-state index >= 15 is 0 Å². The predicted octanol–water partition coefficient (Wildman–Crippen LogP) is 6.56. The summed E-state index contributed by atoms with van der Waals surface area (Å²) in [5.41, 5.74) is 1.22. The number of hydrogen-bond acceptors (Lipinski definition) is 3. The quantitative estimate of drug-likeness (QED) is 0.353. The van der Waals surface area contributed by atoms with Crippen LogP contribution in [0.5, 0.6) is 0 Å². The van der Waals surface area contributed by atoms with E-state index in [0.29, 0.717) is 27.3 Å². The van der Waals surface area contributed by atoms with Crippen LogP contribution in [-0.4, -0.2) is 5.91 Å². The average Bonchev–Trinajstić information content (AvgIpc) is 3.12. The van der Waals surface area contributed by atoms with Gasteiger partial charge >= 0.3 is 0 Å². The van der Waals surface area contributed by atoms with Crippen LogP contribution in [0.25, 0.3) is 17.4 Å². The Balaban J connectivity index is 1.79. The second-order valence-electron chi connectivity index (χ2n) is 5.46. The SMILES string of the molecule is N#C/C(=C/c1ccc(-c2ccc(Br)cc2)o1)C(=O)Nc1ccc(Cl)c(Cl)c1. The lowest BCUT2D eigenvalue weighted by molar-refractivity contribution is -0.112. The van der Waals surface area contributed by atoms with Crippen LogP contribution in [0.15, 0.2) is 69.1 Å². The minimum atomic E-state index is -0.572. The van der Waals surface area contributed by atoms with E-state index in [0.717, 1.165) is 10.0 Å². The van der Waals surface area contributed by atoms with Crippen LogP contribution < -0.4 is 5.32 Å². The van der Waals surface area contributed by atoms with Crippen molar-refractivity contribution in [1.82, 2.24) is 0 Å². The predicted molar refractivity (Wildman–Crippen MR) is 111 cm³/mol. The summed E-state index contributed by atoms with van der Waals surface area (Å²) in [4.78, 5) is 12.3. The first-order chi connectivity index (χ1) is 13.0. The second-order valence-corrected chi connectivity index (χ2v) is 7.19. The molecule has 3 aromatic rings. The fourth-order valence-electron chi connectivity index (χ4n) is 2.26. The van der Waals surface area contributed by atoms with E-state index < -0.39 is 5.91 Å². The molecule has 3 rings (SSSR count). The van der Waals surface area contributed by atoms with Crippen molar-refractivity contribution in [3.05, 3.63) is 80.4 Å². The van der Waals surface area contributed by atoms with Gasteiger partial charge < -0.3 is 9.73 Å². The number of carbonyl (C=O) groups excluding carboxylic acids is 1. The Labute approximate surface area is 174 Å². The summed E-state index contributed by atoms with van der Waals surface area (Å²) in [5, 5.41) is 12.6. The highest BCUT2D eigenvalue weighted by Crippen LogP contribution is 2.26. The number of hydrogen-bond donors (Lipinski definition) is 1. The molecule has 0 saturated heterocycles. The topological polar surface area (TPSA) is 66.0 Å². The molecule has 0 bridgehead atoms. The third-order valence-corrected chi connectivity index (χ3v) is 4.85. The first kappa shape index (κ1) is 19.2. The van der Waals surface area contributed by atoms with Gasteiger partial charge in [-0.1, -0.05) is 51.3 Å². The number of nitrogens with zero attached hydrogens (tertiary/aromatic N) is 1. The van der Waals surface area contributed by atoms with Crippen molar-refractivity contribution in [3.63, 3.8) is 0 Å². The van der Waals surface area contributed by atoms with E-state index in [2.05, 4.69) is 21.2 Å². The first-order valence-corrected chi connectivity index (χ1v) is 9.25. The standard InChI is InChI=1S/C20H11BrCl2N2O2/c21-14-3-1-12(2-4-14)19-8-6-16(27-19)9-13(11-24)20(26)25-15-5-7-17(22)18(23)10-15/h1-10H,(H,25,26)/b13-9-. The van der Waals surface area contributed by atoms with Gasteiger partial charge in [-0.3, -0.25) is 4.79 Å². The molecule has 0 aliphatic carbocycles. The fourth-order valence-corrected chi connectivity index (χ4v) is 2.83. The summed E-state index contributed by atoms with van der Waals surface area (Å²) in [7, 11) is 0. The van der Waals surface area contributed by atoms with Crippen molar-refractivity contribution >= 4 is 56.8 Å². The Hall–Kier alpha value is -2.52. The van der Waals surface area contributed by atoms with Gasteiger partial charge in [-0.05, 0) is 42.5 Å². The zero-order valence-electron chi connectivity index (χ0n) is 13.7. The smallest absolute Gasteiger partial charge is 0.266 e. The Bertz CT molecular complexity index is 1070. The van der Waals surface area contributed by atoms with Crippen LogP contribution in [0.1, 0.15) is 5.76 Å². The first-order valence-electron chi connectivity index (χ1n) is 7.70. The molecule has 0 saturated carbocycles. The molecule has 7 heteroatoms. The molecule has 1 amide bonds. The molecule has 1 aromatic heterocycles. The summed E-state index contributed by atoms with van der Waals surface area (Å²) in [6.07, 6.45) is 1.38. The van der Waals surface area contributed by atoms with Gasteiger partial charge in [-0.15, -0.1) is 0 Å². The average molecular weight is 462 g/mol. The molecule has 0 radical (unpaired) electrons. The molecule has 4 nitrogen and oxygen atoms in total. The minimum Gasteiger partial charge on any atom is -0.457 e. The van der Waals surface area contributed by atoms with E-state index in [9.17, 15) is 10.1 Å². The molecule has 0 atom stereocenters. The molecule has 1 heterocycles. The number of nitriles is 1. The van der Waals surface area contributed by atoms with Gasteiger partial charge in [-0.25, -0.2) is 0 Å². The van der Waals surface area contributed by atoms with Crippen LogP contribution in [0.2, 0.25) is 10.0 Å². The van der Waals surface area contributed by atoms with E-state index in [-0.39, 0.29) is 5.57 Å². The van der Waals surface area contributed by atoms with Crippen LogP contribution in [0.3, 0.4) is 0 Å². The summed E-state index contributed by atoms with van der Waals surface area (Å²) in [6.45, 7) is 0. The number of nitrogens with one attached hydrogen (secondary N) is 1. The zero-order chi connectivity index (χ0) is 19.4. The monoisotopic (exact) mass is 460 g/mol. The Morgan fingerprint density at radius 3 is 2.48 bits per heavy atom. The summed E-state index contributed by atoms with van der Waals surface area (Å²) < 4.78 is 6.68. The maximum atomic E-state index is 12.3. The third kappa shape index (κ3) is 4.81. The highest BCUT2D eigenvalue weighted by Gasteiger charge is 2.12. The summed E-state index contributed by atoms with van der Waals surface area (Å²) >= 11 is 15.2. The molecule has 1 N–H and O–H groups in total. The van der Waals surface area contributed by atoms with Crippen LogP contribution in [-0.2, 0) is 4.79 Å². The number of rotatable bonds is 4. The largest absolute Gasteiger partial charge is 0.457 e. The van der Waals surface area contributed by atoms with Crippen molar-refractivity contribution in [2.24, 2.45) is 0 Å². The Kier molecular flexibility index (Phi) is 6.02. The van der Waals surface area contributed by atoms with Gasteiger partial charge in [0.15, 0.2) is 0 Å². The normalized spacial score (nSPS) is 11.1. The van der Waals surface area contributed by atoms with Crippen LogP contribution >= 0.6 is 39.1 Å². The molecule has 0 unspecified atom stereocenters. The molecular formula is C20H11BrCl2N2O2. The summed E-state index contributed by atoms with van der Waals surface area (Å²) in [5.74, 6) is 0.460. The van der Waals surface area contributed by atoms with Gasteiger partial charge in [-0.2, -0.15) is 5.26 Å². The number of furan rings is 1. The lowest BCUT2D eigenvalue weighted by Crippen LogP contribution is -2.13. The van der Waals surface area contributed by atoms with Gasteiger partial charge in [0, 0.05) is 21.8 Å². The molecule has 134 valence electrons. The van der Waals surface area contributed by atoms with E-state index in [1.165, 1.54) is 12.1 Å². The van der Waals surface area contributed by atoms with E-state index in [1.54, 1.807) is 24.3 Å². The van der Waals surface area contributed by atoms with E-state index in [1.807, 2.05) is 30.3 Å². The summed E-state index contributed by atoms with van der Waals surface area (Å²) in [6, 6.07) is 17.6. The Morgan fingerprint density at radius 2 is 1.81 bits per heavy atom. The fraction of sp³-hybridized carbons (Fsp3) is 0. The molecule has 0 aliphatic heterocycles. The van der Waals surface area contributed by atoms with Crippen LogP contribution in [0, 0.1) is 11.3 Å². The third-order valence-electron chi connectivity index (χ3n) is 3.58. The van der Waals surface area contributed by atoms with Crippen molar-refractivity contribution < 1.29 is 9.21 Å². The maximum absolute atomic E-state index is 12.3. The number of halogens is 3. The van der Waals surface area contributed by atoms with Gasteiger partial charge in [0.05, 0.1) is 10.0 Å². The number of anilines is 1. The zero-order valence-corrected chi connectivity index (χ0v) is 16.8. The molecule has 0 fully saturated rings.